The van der Waals surface area contributed by atoms with Crippen LogP contribution in [-0.4, -0.2) is 50.0 Å². The number of benzene rings is 2. The molecular formula is C22H27Br2N3O4S. The number of nitrogens with zero attached hydrogens (tertiary/aromatic N) is 2. The van der Waals surface area contributed by atoms with Gasteiger partial charge in [0.15, 0.2) is 0 Å². The first-order valence-electron chi connectivity index (χ1n) is 9.96. The largest absolute Gasteiger partial charge is 0.352 e. The van der Waals surface area contributed by atoms with Crippen LogP contribution in [0.15, 0.2) is 57.5 Å². The molecule has 2 aromatic rings. The highest BCUT2D eigenvalue weighted by molar-refractivity contribution is 9.10. The molecule has 1 N–H and O–H groups in total. The second-order valence-electron chi connectivity index (χ2n) is 7.74. The highest BCUT2D eigenvalue weighted by Crippen LogP contribution is 2.23. The lowest BCUT2D eigenvalue weighted by Gasteiger charge is -2.32. The molecule has 0 saturated heterocycles. The van der Waals surface area contributed by atoms with E-state index >= 15 is 0 Å². The molecule has 10 heteroatoms. The summed E-state index contributed by atoms with van der Waals surface area (Å²) in [5.41, 5.74) is 1.17. The van der Waals surface area contributed by atoms with Gasteiger partial charge in [-0.1, -0.05) is 50.1 Å². The first-order valence-corrected chi connectivity index (χ1v) is 13.4. The molecule has 0 fully saturated rings. The molecule has 0 radical (unpaired) electrons. The van der Waals surface area contributed by atoms with Crippen LogP contribution in [0.2, 0.25) is 0 Å². The van der Waals surface area contributed by atoms with Crippen LogP contribution in [0.1, 0.15) is 26.3 Å². The van der Waals surface area contributed by atoms with Gasteiger partial charge >= 0.3 is 0 Å². The molecule has 0 bridgehead atoms. The average Bonchev–Trinajstić information content (AvgIpc) is 2.68. The van der Waals surface area contributed by atoms with Crippen LogP contribution < -0.4 is 9.62 Å². The minimum Gasteiger partial charge on any atom is -0.352 e. The lowest BCUT2D eigenvalue weighted by molar-refractivity contribution is -0.139. The summed E-state index contributed by atoms with van der Waals surface area (Å²) in [5, 5.41) is 2.82. The van der Waals surface area contributed by atoms with Crippen molar-refractivity contribution in [2.24, 2.45) is 0 Å². The molecule has 0 saturated carbocycles. The summed E-state index contributed by atoms with van der Waals surface area (Å²) in [6, 6.07) is 13.2. The molecule has 32 heavy (non-hydrogen) atoms. The van der Waals surface area contributed by atoms with E-state index in [1.54, 1.807) is 31.2 Å². The Balaban J connectivity index is 2.39. The molecule has 174 valence electrons. The summed E-state index contributed by atoms with van der Waals surface area (Å²) in [5.74, 6) is -0.793. The molecular weight excluding hydrogens is 562 g/mol. The molecule has 2 amide bonds. The van der Waals surface area contributed by atoms with Crippen molar-refractivity contribution in [1.29, 1.82) is 0 Å². The summed E-state index contributed by atoms with van der Waals surface area (Å²) in [6.07, 6.45) is 1.05. The normalized spacial score (nSPS) is 12.3. The number of amides is 2. The topological polar surface area (TPSA) is 86.8 Å². The molecule has 0 aliphatic carbocycles. The Bertz CT molecular complexity index is 1080. The van der Waals surface area contributed by atoms with Gasteiger partial charge in [-0.3, -0.25) is 13.9 Å². The summed E-state index contributed by atoms with van der Waals surface area (Å²) >= 11 is 6.75. The number of hydrogen-bond donors (Lipinski definition) is 1. The minimum atomic E-state index is -3.75. The number of halogens is 2. The summed E-state index contributed by atoms with van der Waals surface area (Å²) in [7, 11) is -3.75. The third kappa shape index (κ3) is 7.60. The lowest BCUT2D eigenvalue weighted by Crippen LogP contribution is -2.52. The number of sulfonamides is 1. The molecule has 2 aromatic carbocycles. The fraction of sp³-hybridized carbons (Fsp3) is 0.364. The van der Waals surface area contributed by atoms with Gasteiger partial charge < -0.3 is 10.2 Å². The second-order valence-corrected chi connectivity index (χ2v) is 11.5. The van der Waals surface area contributed by atoms with Gasteiger partial charge in [0.05, 0.1) is 11.9 Å². The molecule has 1 atom stereocenters. The van der Waals surface area contributed by atoms with E-state index in [1.807, 2.05) is 38.1 Å². The third-order valence-electron chi connectivity index (χ3n) is 4.62. The predicted octanol–water partition coefficient (Wildman–Crippen LogP) is 3.92. The van der Waals surface area contributed by atoms with E-state index in [4.69, 9.17) is 0 Å². The number of nitrogens with one attached hydrogen (secondary N) is 1. The number of rotatable bonds is 9. The maximum Gasteiger partial charge on any atom is 0.244 e. The van der Waals surface area contributed by atoms with Crippen molar-refractivity contribution in [3.8, 4) is 0 Å². The van der Waals surface area contributed by atoms with Gasteiger partial charge in [-0.05, 0) is 56.7 Å². The highest BCUT2D eigenvalue weighted by Gasteiger charge is 2.30. The molecule has 0 aliphatic rings. The quantitative estimate of drug-likeness (QED) is 0.481. The Morgan fingerprint density at radius 1 is 1.00 bits per heavy atom. The highest BCUT2D eigenvalue weighted by atomic mass is 79.9. The van der Waals surface area contributed by atoms with Crippen molar-refractivity contribution in [3.63, 3.8) is 0 Å². The standard InChI is InChI=1S/C22H27Br2N3O4S/c1-15(2)25-22(29)16(3)26(13-17-7-5-8-18(23)11-17)21(28)14-27(32(4,30)31)20-10-6-9-19(24)12-20/h5-12,15-16H,13-14H2,1-4H3,(H,25,29). The smallest absolute Gasteiger partial charge is 0.244 e. The van der Waals surface area contributed by atoms with E-state index in [0.29, 0.717) is 10.2 Å². The van der Waals surface area contributed by atoms with E-state index < -0.39 is 28.5 Å². The zero-order valence-corrected chi connectivity index (χ0v) is 22.4. The molecule has 7 nitrogen and oxygen atoms in total. The molecule has 2 rings (SSSR count). The Labute approximate surface area is 206 Å². The summed E-state index contributed by atoms with van der Waals surface area (Å²) in [4.78, 5) is 27.5. The van der Waals surface area contributed by atoms with Crippen LogP contribution in [0.25, 0.3) is 0 Å². The Morgan fingerprint density at radius 2 is 1.59 bits per heavy atom. The second kappa shape index (κ2) is 11.3. The molecule has 0 aliphatic heterocycles. The van der Waals surface area contributed by atoms with Gasteiger partial charge in [-0.2, -0.15) is 0 Å². The van der Waals surface area contributed by atoms with Crippen LogP contribution in [0.5, 0.6) is 0 Å². The zero-order chi connectivity index (χ0) is 24.1. The van der Waals surface area contributed by atoms with Crippen molar-refractivity contribution in [3.05, 3.63) is 63.0 Å². The molecule has 1 unspecified atom stereocenters. The van der Waals surface area contributed by atoms with Gasteiger partial charge in [0.25, 0.3) is 0 Å². The first kappa shape index (κ1) is 26.3. The van der Waals surface area contributed by atoms with Crippen molar-refractivity contribution >= 4 is 59.4 Å². The van der Waals surface area contributed by atoms with E-state index in [9.17, 15) is 18.0 Å². The zero-order valence-electron chi connectivity index (χ0n) is 18.4. The SMILES string of the molecule is CC(C)NC(=O)C(C)N(Cc1cccc(Br)c1)C(=O)CN(c1cccc(Br)c1)S(C)(=O)=O. The van der Waals surface area contributed by atoms with Crippen molar-refractivity contribution < 1.29 is 18.0 Å². The van der Waals surface area contributed by atoms with Crippen LogP contribution in [-0.2, 0) is 26.2 Å². The van der Waals surface area contributed by atoms with E-state index in [1.165, 1.54) is 4.90 Å². The van der Waals surface area contributed by atoms with Crippen molar-refractivity contribution in [2.45, 2.75) is 39.4 Å². The van der Waals surface area contributed by atoms with E-state index in [-0.39, 0.29) is 18.5 Å². The molecule has 0 aromatic heterocycles. The van der Waals surface area contributed by atoms with Crippen LogP contribution >= 0.6 is 31.9 Å². The monoisotopic (exact) mass is 587 g/mol. The van der Waals surface area contributed by atoms with Crippen molar-refractivity contribution in [1.82, 2.24) is 10.2 Å². The van der Waals surface area contributed by atoms with Crippen LogP contribution in [0, 0.1) is 0 Å². The van der Waals surface area contributed by atoms with Gasteiger partial charge in [0, 0.05) is 21.5 Å². The number of carbonyl (C=O) groups is 2. The van der Waals surface area contributed by atoms with Crippen LogP contribution in [0.3, 0.4) is 0 Å². The van der Waals surface area contributed by atoms with Gasteiger partial charge in [-0.15, -0.1) is 0 Å². The Kier molecular flexibility index (Phi) is 9.29. The van der Waals surface area contributed by atoms with Crippen LogP contribution in [0.4, 0.5) is 5.69 Å². The van der Waals surface area contributed by atoms with Gasteiger partial charge in [-0.25, -0.2) is 8.42 Å². The average molecular weight is 589 g/mol. The fourth-order valence-electron chi connectivity index (χ4n) is 3.06. The minimum absolute atomic E-state index is 0.0954. The lowest BCUT2D eigenvalue weighted by atomic mass is 10.1. The predicted molar refractivity (Wildman–Crippen MR) is 134 cm³/mol. The number of anilines is 1. The summed E-state index contributed by atoms with van der Waals surface area (Å²) in [6.45, 7) is 5.04. The number of carbonyl (C=O) groups excluding carboxylic acids is 2. The maximum absolute atomic E-state index is 13.4. The molecule has 0 heterocycles. The van der Waals surface area contributed by atoms with Gasteiger partial charge in [0.1, 0.15) is 12.6 Å². The van der Waals surface area contributed by atoms with E-state index in [2.05, 4.69) is 37.2 Å². The Morgan fingerprint density at radius 3 is 2.12 bits per heavy atom. The first-order chi connectivity index (χ1) is 14.9. The van der Waals surface area contributed by atoms with E-state index in [0.717, 1.165) is 20.6 Å². The van der Waals surface area contributed by atoms with Gasteiger partial charge in [0.2, 0.25) is 21.8 Å². The Hall–Kier alpha value is -1.91. The maximum atomic E-state index is 13.4. The number of hydrogen-bond acceptors (Lipinski definition) is 4. The summed E-state index contributed by atoms with van der Waals surface area (Å²) < 4.78 is 27.6. The third-order valence-corrected chi connectivity index (χ3v) is 6.74. The fourth-order valence-corrected chi connectivity index (χ4v) is 4.74. The molecule has 0 spiro atoms. The van der Waals surface area contributed by atoms with Crippen molar-refractivity contribution in [2.75, 3.05) is 17.1 Å².